The molecule has 0 saturated carbocycles. The minimum absolute atomic E-state index is 0.195. The third-order valence-electron chi connectivity index (χ3n) is 2.46. The Kier molecular flexibility index (Phi) is 4.12. The maximum atomic E-state index is 13.8. The third kappa shape index (κ3) is 3.04. The fraction of sp³-hybridized carbons (Fsp3) is 0.250. The molecule has 2 nitrogen and oxygen atoms in total. The van der Waals surface area contributed by atoms with Crippen molar-refractivity contribution in [2.24, 2.45) is 0 Å². The molecule has 0 aliphatic rings. The van der Waals surface area contributed by atoms with Crippen molar-refractivity contribution in [2.45, 2.75) is 11.9 Å². The lowest BCUT2D eigenvalue weighted by molar-refractivity contribution is 0.620. The van der Waals surface area contributed by atoms with Crippen molar-refractivity contribution < 1.29 is 4.39 Å². The molecule has 0 spiro atoms. The highest BCUT2D eigenvalue weighted by atomic mass is 79.9. The molecule has 0 aliphatic heterocycles. The third-order valence-corrected chi connectivity index (χ3v) is 3.74. The van der Waals surface area contributed by atoms with E-state index in [4.69, 9.17) is 0 Å². The average molecular weight is 315 g/mol. The molecule has 2 rings (SSSR count). The van der Waals surface area contributed by atoms with Gasteiger partial charge in [-0.1, -0.05) is 22.0 Å². The van der Waals surface area contributed by atoms with Gasteiger partial charge in [0.1, 0.15) is 5.82 Å². The number of anilines is 1. The lowest BCUT2D eigenvalue weighted by Gasteiger charge is -2.19. The SMILES string of the molecule is CN(Cc1cscn1)c1ccc(CBr)cc1F. The lowest BCUT2D eigenvalue weighted by Crippen LogP contribution is -2.17. The molecule has 5 heteroatoms. The molecule has 2 aromatic rings. The second-order valence-electron chi connectivity index (χ2n) is 3.76. The topological polar surface area (TPSA) is 16.1 Å². The molecule has 1 aromatic heterocycles. The molecule has 0 atom stereocenters. The van der Waals surface area contributed by atoms with Gasteiger partial charge in [0.15, 0.2) is 0 Å². The molecule has 90 valence electrons. The molecule has 0 aliphatic carbocycles. The first-order valence-electron chi connectivity index (χ1n) is 5.13. The molecule has 0 radical (unpaired) electrons. The van der Waals surface area contributed by atoms with Gasteiger partial charge in [-0.05, 0) is 17.7 Å². The Morgan fingerprint density at radius 3 is 2.88 bits per heavy atom. The van der Waals surface area contributed by atoms with Crippen LogP contribution in [0.1, 0.15) is 11.3 Å². The number of aromatic nitrogens is 1. The highest BCUT2D eigenvalue weighted by Crippen LogP contribution is 2.22. The van der Waals surface area contributed by atoms with E-state index in [2.05, 4.69) is 20.9 Å². The molecule has 0 amide bonds. The first kappa shape index (κ1) is 12.5. The van der Waals surface area contributed by atoms with Gasteiger partial charge in [-0.2, -0.15) is 0 Å². The number of alkyl halides is 1. The monoisotopic (exact) mass is 314 g/mol. The summed E-state index contributed by atoms with van der Waals surface area (Å²) in [6, 6.07) is 5.28. The van der Waals surface area contributed by atoms with Crippen LogP contribution in [0.3, 0.4) is 0 Å². The first-order chi connectivity index (χ1) is 8.20. The van der Waals surface area contributed by atoms with Gasteiger partial charge in [-0.25, -0.2) is 9.37 Å². The summed E-state index contributed by atoms with van der Waals surface area (Å²) in [6.45, 7) is 0.619. The van der Waals surface area contributed by atoms with E-state index >= 15 is 0 Å². The zero-order valence-electron chi connectivity index (χ0n) is 9.36. The normalized spacial score (nSPS) is 10.5. The minimum Gasteiger partial charge on any atom is -0.366 e. The van der Waals surface area contributed by atoms with E-state index in [1.807, 2.05) is 23.4 Å². The van der Waals surface area contributed by atoms with Crippen LogP contribution in [-0.2, 0) is 11.9 Å². The number of hydrogen-bond donors (Lipinski definition) is 0. The smallest absolute Gasteiger partial charge is 0.146 e. The maximum absolute atomic E-state index is 13.8. The number of rotatable bonds is 4. The second kappa shape index (κ2) is 5.60. The molecule has 0 fully saturated rings. The number of thiazole rings is 1. The molecule has 0 saturated heterocycles. The second-order valence-corrected chi connectivity index (χ2v) is 5.03. The van der Waals surface area contributed by atoms with Gasteiger partial charge >= 0.3 is 0 Å². The first-order valence-corrected chi connectivity index (χ1v) is 7.19. The van der Waals surface area contributed by atoms with E-state index in [1.165, 1.54) is 0 Å². The van der Waals surface area contributed by atoms with Crippen molar-refractivity contribution in [3.05, 3.63) is 46.2 Å². The number of hydrogen-bond acceptors (Lipinski definition) is 3. The van der Waals surface area contributed by atoms with Crippen molar-refractivity contribution in [2.75, 3.05) is 11.9 Å². The van der Waals surface area contributed by atoms with Gasteiger partial charge in [-0.15, -0.1) is 11.3 Å². The summed E-state index contributed by atoms with van der Waals surface area (Å²) in [4.78, 5) is 6.06. The summed E-state index contributed by atoms with van der Waals surface area (Å²) in [5.41, 5.74) is 4.28. The van der Waals surface area contributed by atoms with Crippen LogP contribution in [0, 0.1) is 5.82 Å². The lowest BCUT2D eigenvalue weighted by atomic mass is 10.2. The summed E-state index contributed by atoms with van der Waals surface area (Å²) in [5.74, 6) is -0.195. The number of nitrogens with zero attached hydrogens (tertiary/aromatic N) is 2. The number of halogens is 2. The van der Waals surface area contributed by atoms with Crippen LogP contribution in [-0.4, -0.2) is 12.0 Å². The van der Waals surface area contributed by atoms with Crippen molar-refractivity contribution >= 4 is 33.0 Å². The fourth-order valence-electron chi connectivity index (χ4n) is 1.59. The predicted molar refractivity (Wildman–Crippen MR) is 73.3 cm³/mol. The summed E-state index contributed by atoms with van der Waals surface area (Å²) >= 11 is 4.86. The van der Waals surface area contributed by atoms with Gasteiger partial charge in [0.05, 0.1) is 23.4 Å². The zero-order chi connectivity index (χ0) is 12.3. The predicted octanol–water partition coefficient (Wildman–Crippen LogP) is 3.81. The quantitative estimate of drug-likeness (QED) is 0.798. The van der Waals surface area contributed by atoms with E-state index < -0.39 is 0 Å². The van der Waals surface area contributed by atoms with Gasteiger partial charge < -0.3 is 4.90 Å². The number of benzene rings is 1. The van der Waals surface area contributed by atoms with E-state index in [0.29, 0.717) is 17.6 Å². The molecule has 0 unspecified atom stereocenters. The van der Waals surface area contributed by atoms with Crippen molar-refractivity contribution in [1.82, 2.24) is 4.98 Å². The van der Waals surface area contributed by atoms with Gasteiger partial charge in [0, 0.05) is 17.8 Å². The molecular formula is C12H12BrFN2S. The molecular weight excluding hydrogens is 303 g/mol. The van der Waals surface area contributed by atoms with E-state index in [9.17, 15) is 4.39 Å². The van der Waals surface area contributed by atoms with Crippen LogP contribution in [0.25, 0.3) is 0 Å². The fourth-order valence-corrected chi connectivity index (χ4v) is 2.49. The maximum Gasteiger partial charge on any atom is 0.146 e. The van der Waals surface area contributed by atoms with E-state index in [-0.39, 0.29) is 5.82 Å². The molecule has 1 heterocycles. The summed E-state index contributed by atoms with van der Waals surface area (Å²) in [7, 11) is 1.87. The summed E-state index contributed by atoms with van der Waals surface area (Å²) in [6.07, 6.45) is 0. The summed E-state index contributed by atoms with van der Waals surface area (Å²) in [5, 5.41) is 2.64. The Morgan fingerprint density at radius 1 is 1.47 bits per heavy atom. The van der Waals surface area contributed by atoms with E-state index in [0.717, 1.165) is 11.3 Å². The Balaban J connectivity index is 2.16. The molecule has 17 heavy (non-hydrogen) atoms. The highest BCUT2D eigenvalue weighted by molar-refractivity contribution is 9.08. The summed E-state index contributed by atoms with van der Waals surface area (Å²) < 4.78 is 13.8. The Hall–Kier alpha value is -0.940. The Labute approximate surface area is 112 Å². The van der Waals surface area contributed by atoms with Gasteiger partial charge in [-0.3, -0.25) is 0 Å². The Morgan fingerprint density at radius 2 is 2.29 bits per heavy atom. The largest absolute Gasteiger partial charge is 0.366 e. The minimum atomic E-state index is -0.195. The van der Waals surface area contributed by atoms with Crippen LogP contribution in [0.4, 0.5) is 10.1 Å². The van der Waals surface area contributed by atoms with Crippen LogP contribution in [0.5, 0.6) is 0 Å². The molecule has 0 bridgehead atoms. The molecule has 1 aromatic carbocycles. The van der Waals surface area contributed by atoms with Crippen molar-refractivity contribution in [3.8, 4) is 0 Å². The van der Waals surface area contributed by atoms with Crippen LogP contribution in [0.15, 0.2) is 29.1 Å². The van der Waals surface area contributed by atoms with Crippen LogP contribution < -0.4 is 4.90 Å². The standard InChI is InChI=1S/C12H12BrFN2S/c1-16(6-10-7-17-8-15-10)12-3-2-9(5-13)4-11(12)14/h2-4,7-8H,5-6H2,1H3. The van der Waals surface area contributed by atoms with Crippen molar-refractivity contribution in [3.63, 3.8) is 0 Å². The highest BCUT2D eigenvalue weighted by Gasteiger charge is 2.09. The average Bonchev–Trinajstić information content (AvgIpc) is 2.81. The zero-order valence-corrected chi connectivity index (χ0v) is 11.8. The molecule has 0 N–H and O–H groups in total. The van der Waals surface area contributed by atoms with Crippen molar-refractivity contribution in [1.29, 1.82) is 0 Å². The van der Waals surface area contributed by atoms with E-state index in [1.54, 1.807) is 29.0 Å². The van der Waals surface area contributed by atoms with Gasteiger partial charge in [0.25, 0.3) is 0 Å². The van der Waals surface area contributed by atoms with Crippen LogP contribution in [0.2, 0.25) is 0 Å². The van der Waals surface area contributed by atoms with Crippen LogP contribution >= 0.6 is 27.3 Å². The van der Waals surface area contributed by atoms with Gasteiger partial charge in [0.2, 0.25) is 0 Å². The Bertz CT molecular complexity index is 487.